The Morgan fingerprint density at radius 3 is 2.77 bits per heavy atom. The van der Waals surface area contributed by atoms with Crippen molar-refractivity contribution in [3.63, 3.8) is 0 Å². The minimum absolute atomic E-state index is 0.345. The van der Waals surface area contributed by atoms with Crippen LogP contribution < -0.4 is 0 Å². The zero-order valence-corrected chi connectivity index (χ0v) is 7.70. The van der Waals surface area contributed by atoms with Crippen LogP contribution in [0.4, 0.5) is 0 Å². The molecule has 1 aromatic carbocycles. The normalized spacial score (nSPS) is 10.6. The molecule has 2 rings (SSSR count). The van der Waals surface area contributed by atoms with E-state index < -0.39 is 0 Å². The molecule has 0 aliphatic rings. The largest absolute Gasteiger partial charge is 0.508 e. The number of aromatic hydroxyl groups is 1. The van der Waals surface area contributed by atoms with E-state index in [1.165, 1.54) is 0 Å². The average Bonchev–Trinajstić information content (AvgIpc) is 2.09. The predicted octanol–water partition coefficient (Wildman–Crippen LogP) is 2.56. The highest BCUT2D eigenvalue weighted by Crippen LogP contribution is 2.25. The maximum atomic E-state index is 9.49. The highest BCUT2D eigenvalue weighted by molar-refractivity contribution is 5.86. The van der Waals surface area contributed by atoms with E-state index in [2.05, 4.69) is 4.98 Å². The van der Waals surface area contributed by atoms with Gasteiger partial charge in [0, 0.05) is 17.3 Å². The number of phenolic OH excluding ortho intramolecular Hbond substituents is 1. The fourth-order valence-corrected chi connectivity index (χ4v) is 1.46. The molecule has 0 saturated heterocycles. The molecule has 1 aromatic heterocycles. The van der Waals surface area contributed by atoms with Crippen LogP contribution in [-0.4, -0.2) is 10.1 Å². The van der Waals surface area contributed by atoms with Crippen molar-refractivity contribution in [2.24, 2.45) is 0 Å². The number of aromatic nitrogens is 1. The zero-order valence-electron chi connectivity index (χ0n) is 7.70. The number of benzene rings is 1. The number of phenols is 1. The smallest absolute Gasteiger partial charge is 0.119 e. The van der Waals surface area contributed by atoms with Gasteiger partial charge in [0.05, 0.1) is 0 Å². The van der Waals surface area contributed by atoms with Crippen LogP contribution in [-0.2, 0) is 0 Å². The van der Waals surface area contributed by atoms with Crippen molar-refractivity contribution in [1.29, 1.82) is 0 Å². The summed E-state index contributed by atoms with van der Waals surface area (Å²) in [4.78, 5) is 4.20. The van der Waals surface area contributed by atoms with Gasteiger partial charge in [-0.3, -0.25) is 4.98 Å². The monoisotopic (exact) mass is 173 g/mol. The van der Waals surface area contributed by atoms with Gasteiger partial charge in [0.25, 0.3) is 0 Å². The summed E-state index contributed by atoms with van der Waals surface area (Å²) < 4.78 is 0. The van der Waals surface area contributed by atoms with Gasteiger partial charge in [-0.25, -0.2) is 0 Å². The fourth-order valence-electron chi connectivity index (χ4n) is 1.46. The quantitative estimate of drug-likeness (QED) is 0.664. The molecule has 13 heavy (non-hydrogen) atoms. The lowest BCUT2D eigenvalue weighted by Gasteiger charge is -2.04. The molecule has 0 amide bonds. The van der Waals surface area contributed by atoms with Crippen molar-refractivity contribution in [2.75, 3.05) is 0 Å². The Morgan fingerprint density at radius 2 is 2.00 bits per heavy atom. The summed E-state index contributed by atoms with van der Waals surface area (Å²) in [5.74, 6) is 0.345. The lowest BCUT2D eigenvalue weighted by molar-refractivity contribution is 0.472. The number of fused-ring (bicyclic) bond motifs is 1. The molecule has 0 unspecified atom stereocenters. The van der Waals surface area contributed by atoms with Gasteiger partial charge in [-0.05, 0) is 43.0 Å². The SMILES string of the molecule is Cc1cc2c(C)nccc2cc1O. The third-order valence-electron chi connectivity index (χ3n) is 2.28. The summed E-state index contributed by atoms with van der Waals surface area (Å²) in [5.41, 5.74) is 1.89. The van der Waals surface area contributed by atoms with Crippen LogP contribution in [0.1, 0.15) is 11.3 Å². The van der Waals surface area contributed by atoms with Crippen molar-refractivity contribution in [2.45, 2.75) is 13.8 Å². The van der Waals surface area contributed by atoms with E-state index in [1.54, 1.807) is 12.3 Å². The molecule has 0 bridgehead atoms. The van der Waals surface area contributed by atoms with E-state index in [4.69, 9.17) is 0 Å². The number of hydrogen-bond acceptors (Lipinski definition) is 2. The standard InChI is InChI=1S/C11H11NO/c1-7-5-10-8(2)12-4-3-9(10)6-11(7)13/h3-6,13H,1-2H3. The first kappa shape index (κ1) is 8.05. The summed E-state index contributed by atoms with van der Waals surface area (Å²) in [6.07, 6.45) is 1.76. The lowest BCUT2D eigenvalue weighted by Crippen LogP contribution is -1.84. The first-order chi connectivity index (χ1) is 6.18. The molecule has 1 N–H and O–H groups in total. The summed E-state index contributed by atoms with van der Waals surface area (Å²) in [5, 5.41) is 11.6. The number of rotatable bonds is 0. The maximum Gasteiger partial charge on any atom is 0.119 e. The number of pyridine rings is 1. The van der Waals surface area contributed by atoms with E-state index in [9.17, 15) is 5.11 Å². The van der Waals surface area contributed by atoms with Crippen LogP contribution in [0.25, 0.3) is 10.8 Å². The minimum Gasteiger partial charge on any atom is -0.508 e. The molecule has 1 heterocycles. The Hall–Kier alpha value is -1.57. The summed E-state index contributed by atoms with van der Waals surface area (Å²) in [6.45, 7) is 3.86. The number of hydrogen-bond donors (Lipinski definition) is 1. The molecule has 0 radical (unpaired) electrons. The molecule has 0 aliphatic heterocycles. The van der Waals surface area contributed by atoms with Crippen LogP contribution in [0.3, 0.4) is 0 Å². The van der Waals surface area contributed by atoms with Crippen molar-refractivity contribution < 1.29 is 5.11 Å². The van der Waals surface area contributed by atoms with Gasteiger partial charge >= 0.3 is 0 Å². The van der Waals surface area contributed by atoms with Crippen molar-refractivity contribution in [1.82, 2.24) is 4.98 Å². The second-order valence-corrected chi connectivity index (χ2v) is 3.26. The molecule has 0 aliphatic carbocycles. The third-order valence-corrected chi connectivity index (χ3v) is 2.28. The Balaban J connectivity index is 2.89. The van der Waals surface area contributed by atoms with Crippen LogP contribution in [0.5, 0.6) is 5.75 Å². The molecule has 0 atom stereocenters. The average molecular weight is 173 g/mol. The predicted molar refractivity (Wildman–Crippen MR) is 52.9 cm³/mol. The van der Waals surface area contributed by atoms with Gasteiger partial charge in [0.15, 0.2) is 0 Å². The highest BCUT2D eigenvalue weighted by Gasteiger charge is 2.01. The van der Waals surface area contributed by atoms with Gasteiger partial charge in [-0.15, -0.1) is 0 Å². The summed E-state index contributed by atoms with van der Waals surface area (Å²) in [6, 6.07) is 5.65. The Morgan fingerprint density at radius 1 is 1.23 bits per heavy atom. The van der Waals surface area contributed by atoms with Crippen molar-refractivity contribution >= 4 is 10.8 Å². The zero-order chi connectivity index (χ0) is 9.42. The second kappa shape index (κ2) is 2.73. The van der Waals surface area contributed by atoms with Crippen LogP contribution in [0, 0.1) is 13.8 Å². The molecule has 2 heteroatoms. The Kier molecular flexibility index (Phi) is 1.69. The molecule has 2 nitrogen and oxygen atoms in total. The minimum atomic E-state index is 0.345. The van der Waals surface area contributed by atoms with E-state index in [0.29, 0.717) is 5.75 Å². The van der Waals surface area contributed by atoms with Crippen LogP contribution >= 0.6 is 0 Å². The van der Waals surface area contributed by atoms with Crippen LogP contribution in [0.2, 0.25) is 0 Å². The van der Waals surface area contributed by atoms with E-state index >= 15 is 0 Å². The molecule has 0 spiro atoms. The van der Waals surface area contributed by atoms with E-state index in [1.807, 2.05) is 26.0 Å². The summed E-state index contributed by atoms with van der Waals surface area (Å²) in [7, 11) is 0. The topological polar surface area (TPSA) is 33.1 Å². The third kappa shape index (κ3) is 1.24. The first-order valence-electron chi connectivity index (χ1n) is 4.23. The number of aryl methyl sites for hydroxylation is 2. The molecule has 66 valence electrons. The van der Waals surface area contributed by atoms with Gasteiger partial charge in [0.1, 0.15) is 5.75 Å². The Bertz CT molecular complexity index is 463. The molecule has 2 aromatic rings. The maximum absolute atomic E-state index is 9.49. The Labute approximate surface area is 76.9 Å². The summed E-state index contributed by atoms with van der Waals surface area (Å²) >= 11 is 0. The van der Waals surface area contributed by atoms with Gasteiger partial charge in [-0.2, -0.15) is 0 Å². The highest BCUT2D eigenvalue weighted by atomic mass is 16.3. The second-order valence-electron chi connectivity index (χ2n) is 3.26. The van der Waals surface area contributed by atoms with Crippen LogP contribution in [0.15, 0.2) is 24.4 Å². The lowest BCUT2D eigenvalue weighted by atomic mass is 10.1. The van der Waals surface area contributed by atoms with Crippen molar-refractivity contribution in [3.05, 3.63) is 35.7 Å². The molecule has 0 saturated carbocycles. The van der Waals surface area contributed by atoms with Gasteiger partial charge in [-0.1, -0.05) is 0 Å². The van der Waals surface area contributed by atoms with E-state index in [-0.39, 0.29) is 0 Å². The number of nitrogens with zero attached hydrogens (tertiary/aromatic N) is 1. The first-order valence-corrected chi connectivity index (χ1v) is 4.23. The van der Waals surface area contributed by atoms with E-state index in [0.717, 1.165) is 22.0 Å². The van der Waals surface area contributed by atoms with Crippen molar-refractivity contribution in [3.8, 4) is 5.75 Å². The fraction of sp³-hybridized carbons (Fsp3) is 0.182. The molecule has 0 fully saturated rings. The van der Waals surface area contributed by atoms with Gasteiger partial charge in [0.2, 0.25) is 0 Å². The molecular formula is C11H11NO. The molecular weight excluding hydrogens is 162 g/mol. The van der Waals surface area contributed by atoms with Gasteiger partial charge < -0.3 is 5.11 Å².